The van der Waals surface area contributed by atoms with Crippen LogP contribution in [0.1, 0.15) is 25.0 Å². The van der Waals surface area contributed by atoms with Crippen molar-refractivity contribution >= 4 is 46.7 Å². The van der Waals surface area contributed by atoms with Crippen molar-refractivity contribution in [1.29, 1.82) is 0 Å². The first-order valence-electron chi connectivity index (χ1n) is 13.8. The molecule has 3 N–H and O–H groups in total. The highest BCUT2D eigenvalue weighted by atomic mass is 32.2. The van der Waals surface area contributed by atoms with Crippen molar-refractivity contribution in [3.8, 4) is 5.75 Å². The van der Waals surface area contributed by atoms with Crippen LogP contribution in [0.15, 0.2) is 40.4 Å². The van der Waals surface area contributed by atoms with E-state index in [9.17, 15) is 9.59 Å². The number of carbonyl (C=O) groups is 2. The Morgan fingerprint density at radius 3 is 2.46 bits per heavy atom. The number of ether oxygens (including phenoxy) is 1. The standard InChI is InChI=1S/C28H37N9O3S/c1-18-17-22(34-33-18)30-25-24(40-4)26(37-15-13-36(14-16-37)23(38)11-12-35(2)3)32-28(31-25)41-21-9-7-20(8-10-21)29-27(39)19-5-6-19/h7-10,17,19H,5-6,11-16H2,1-4H3,(H,29,39)(H2,30,31,32,33,34). The zero-order valence-electron chi connectivity index (χ0n) is 23.9. The largest absolute Gasteiger partial charge is 0.490 e. The molecule has 0 bridgehead atoms. The van der Waals surface area contributed by atoms with Gasteiger partial charge in [0, 0.05) is 67.4 Å². The molecule has 13 heteroatoms. The van der Waals surface area contributed by atoms with Gasteiger partial charge < -0.3 is 30.1 Å². The summed E-state index contributed by atoms with van der Waals surface area (Å²) in [6.07, 6.45) is 2.44. The van der Waals surface area contributed by atoms with E-state index in [1.807, 2.05) is 61.2 Å². The number of aromatic nitrogens is 4. The van der Waals surface area contributed by atoms with Crippen molar-refractivity contribution in [1.82, 2.24) is 30.0 Å². The average Bonchev–Trinajstić information content (AvgIpc) is 3.74. The van der Waals surface area contributed by atoms with Gasteiger partial charge in [-0.2, -0.15) is 5.10 Å². The second-order valence-corrected chi connectivity index (χ2v) is 11.6. The molecule has 1 saturated heterocycles. The maximum atomic E-state index is 12.7. The van der Waals surface area contributed by atoms with Gasteiger partial charge in [-0.05, 0) is 69.9 Å². The van der Waals surface area contributed by atoms with Crippen molar-refractivity contribution < 1.29 is 14.3 Å². The van der Waals surface area contributed by atoms with E-state index in [2.05, 4.69) is 25.7 Å². The highest BCUT2D eigenvalue weighted by Gasteiger charge is 2.30. The van der Waals surface area contributed by atoms with Gasteiger partial charge in [-0.15, -0.1) is 0 Å². The number of anilines is 4. The van der Waals surface area contributed by atoms with Gasteiger partial charge in [0.15, 0.2) is 22.6 Å². The van der Waals surface area contributed by atoms with E-state index in [1.54, 1.807) is 7.11 Å². The number of nitrogens with zero attached hydrogens (tertiary/aromatic N) is 6. The maximum absolute atomic E-state index is 12.7. The van der Waals surface area contributed by atoms with Crippen molar-refractivity contribution in [2.75, 3.05) is 69.5 Å². The molecule has 0 atom stereocenters. The van der Waals surface area contributed by atoms with Crippen molar-refractivity contribution in [2.45, 2.75) is 36.2 Å². The number of benzene rings is 1. The molecule has 2 aliphatic rings. The van der Waals surface area contributed by atoms with Gasteiger partial charge in [0.05, 0.1) is 7.11 Å². The quantitative estimate of drug-likeness (QED) is 0.291. The third-order valence-corrected chi connectivity index (χ3v) is 7.84. The minimum Gasteiger partial charge on any atom is -0.490 e. The molecule has 5 rings (SSSR count). The van der Waals surface area contributed by atoms with Crippen molar-refractivity contribution in [3.05, 3.63) is 36.0 Å². The van der Waals surface area contributed by atoms with Crippen LogP contribution in [0.4, 0.5) is 23.1 Å². The van der Waals surface area contributed by atoms with Crippen molar-refractivity contribution in [3.63, 3.8) is 0 Å². The SMILES string of the molecule is COc1c(Nc2cc(C)[nH]n2)nc(Sc2ccc(NC(=O)C3CC3)cc2)nc1N1CCN(C(=O)CCN(C)C)CC1. The predicted molar refractivity (Wildman–Crippen MR) is 159 cm³/mol. The number of piperazine rings is 1. The zero-order valence-corrected chi connectivity index (χ0v) is 24.8. The smallest absolute Gasteiger partial charge is 0.227 e. The summed E-state index contributed by atoms with van der Waals surface area (Å²) in [5.74, 6) is 2.69. The predicted octanol–water partition coefficient (Wildman–Crippen LogP) is 3.36. The Morgan fingerprint density at radius 2 is 1.85 bits per heavy atom. The molecule has 1 aliphatic carbocycles. The third kappa shape index (κ3) is 7.47. The first-order valence-corrected chi connectivity index (χ1v) is 14.6. The summed E-state index contributed by atoms with van der Waals surface area (Å²) in [5.41, 5.74) is 1.69. The van der Waals surface area contributed by atoms with E-state index < -0.39 is 0 Å². The molecular formula is C28H37N9O3S. The lowest BCUT2D eigenvalue weighted by Crippen LogP contribution is -2.49. The third-order valence-electron chi connectivity index (χ3n) is 6.97. The summed E-state index contributed by atoms with van der Waals surface area (Å²) >= 11 is 1.42. The van der Waals surface area contributed by atoms with Crippen LogP contribution in [0.5, 0.6) is 5.75 Å². The summed E-state index contributed by atoms with van der Waals surface area (Å²) in [6, 6.07) is 9.57. The molecule has 2 amide bonds. The summed E-state index contributed by atoms with van der Waals surface area (Å²) in [7, 11) is 5.55. The lowest BCUT2D eigenvalue weighted by Gasteiger charge is -2.36. The minimum atomic E-state index is 0.0809. The van der Waals surface area contributed by atoms with E-state index in [4.69, 9.17) is 14.7 Å². The number of hydrogen-bond acceptors (Lipinski definition) is 10. The van der Waals surface area contributed by atoms with Gasteiger partial charge in [0.2, 0.25) is 17.6 Å². The molecule has 0 radical (unpaired) electrons. The number of rotatable bonds is 11. The van der Waals surface area contributed by atoms with Crippen LogP contribution in [0, 0.1) is 12.8 Å². The Balaban J connectivity index is 1.36. The Hall–Kier alpha value is -3.84. The van der Waals surface area contributed by atoms with E-state index in [1.165, 1.54) is 11.8 Å². The van der Waals surface area contributed by atoms with Gasteiger partial charge in [-0.3, -0.25) is 14.7 Å². The molecule has 41 heavy (non-hydrogen) atoms. The number of nitrogens with one attached hydrogen (secondary N) is 3. The lowest BCUT2D eigenvalue weighted by molar-refractivity contribution is -0.131. The van der Waals surface area contributed by atoms with E-state index in [0.29, 0.717) is 61.0 Å². The van der Waals surface area contributed by atoms with Gasteiger partial charge in [0.1, 0.15) is 0 Å². The van der Waals surface area contributed by atoms with Crippen LogP contribution in [-0.4, -0.2) is 95.7 Å². The number of amides is 2. The Kier molecular flexibility index (Phi) is 8.93. The normalized spacial score (nSPS) is 15.2. The molecule has 12 nitrogen and oxygen atoms in total. The van der Waals surface area contributed by atoms with E-state index in [-0.39, 0.29) is 17.7 Å². The topological polar surface area (TPSA) is 132 Å². The first kappa shape index (κ1) is 28.7. The summed E-state index contributed by atoms with van der Waals surface area (Å²) in [4.78, 5) is 41.5. The molecule has 2 fully saturated rings. The molecule has 3 heterocycles. The Labute approximate surface area is 244 Å². The van der Waals surface area contributed by atoms with Gasteiger partial charge in [0.25, 0.3) is 0 Å². The van der Waals surface area contributed by atoms with Crippen molar-refractivity contribution in [2.24, 2.45) is 5.92 Å². The highest BCUT2D eigenvalue weighted by Crippen LogP contribution is 2.38. The fourth-order valence-corrected chi connectivity index (χ4v) is 5.25. The summed E-state index contributed by atoms with van der Waals surface area (Å²) in [6.45, 7) is 5.13. The van der Waals surface area contributed by atoms with Crippen LogP contribution in [0.25, 0.3) is 0 Å². The van der Waals surface area contributed by atoms with E-state index in [0.717, 1.165) is 35.7 Å². The number of aryl methyl sites for hydroxylation is 1. The average molecular weight is 580 g/mol. The van der Waals surface area contributed by atoms with Gasteiger partial charge in [-0.25, -0.2) is 9.97 Å². The summed E-state index contributed by atoms with van der Waals surface area (Å²) in [5, 5.41) is 14.0. The number of methoxy groups -OCH3 is 1. The zero-order chi connectivity index (χ0) is 28.9. The fraction of sp³-hybridized carbons (Fsp3) is 0.464. The van der Waals surface area contributed by atoms with Crippen LogP contribution < -0.4 is 20.3 Å². The molecule has 0 unspecified atom stereocenters. The van der Waals surface area contributed by atoms with Crippen LogP contribution >= 0.6 is 11.8 Å². The van der Waals surface area contributed by atoms with Crippen LogP contribution in [-0.2, 0) is 9.59 Å². The molecule has 1 saturated carbocycles. The molecule has 1 aromatic carbocycles. The molecular weight excluding hydrogens is 542 g/mol. The molecule has 3 aromatic rings. The second kappa shape index (κ2) is 12.8. The van der Waals surface area contributed by atoms with Gasteiger partial charge >= 0.3 is 0 Å². The lowest BCUT2D eigenvalue weighted by atomic mass is 10.2. The van der Waals surface area contributed by atoms with Crippen LogP contribution in [0.3, 0.4) is 0 Å². The molecule has 2 aromatic heterocycles. The Morgan fingerprint density at radius 1 is 1.12 bits per heavy atom. The summed E-state index contributed by atoms with van der Waals surface area (Å²) < 4.78 is 5.83. The van der Waals surface area contributed by atoms with Crippen LogP contribution in [0.2, 0.25) is 0 Å². The molecule has 0 spiro atoms. The van der Waals surface area contributed by atoms with E-state index >= 15 is 0 Å². The number of H-pyrrole nitrogens is 1. The first-order chi connectivity index (χ1) is 19.8. The number of hydrogen-bond donors (Lipinski definition) is 3. The number of carbonyl (C=O) groups excluding carboxylic acids is 2. The highest BCUT2D eigenvalue weighted by molar-refractivity contribution is 7.99. The molecule has 1 aliphatic heterocycles. The fourth-order valence-electron chi connectivity index (χ4n) is 4.50. The maximum Gasteiger partial charge on any atom is 0.227 e. The monoisotopic (exact) mass is 579 g/mol. The van der Waals surface area contributed by atoms with Gasteiger partial charge in [-0.1, -0.05) is 0 Å². The Bertz CT molecular complexity index is 1370. The second-order valence-electron chi connectivity index (χ2n) is 10.6. The number of aromatic amines is 1. The minimum absolute atomic E-state index is 0.0809. The molecule has 218 valence electrons.